The molecule has 0 atom stereocenters. The van der Waals surface area contributed by atoms with Gasteiger partial charge in [0, 0.05) is 28.7 Å². The fourth-order valence-electron chi connectivity index (χ4n) is 3.89. The number of nitrogens with zero attached hydrogens (tertiary/aromatic N) is 2. The lowest BCUT2D eigenvalue weighted by Gasteiger charge is -2.12. The van der Waals surface area contributed by atoms with Gasteiger partial charge in [0.05, 0.1) is 16.0 Å². The van der Waals surface area contributed by atoms with E-state index in [1.54, 1.807) is 12.1 Å². The van der Waals surface area contributed by atoms with E-state index < -0.39 is 0 Å². The van der Waals surface area contributed by atoms with E-state index in [4.69, 9.17) is 0 Å². The summed E-state index contributed by atoms with van der Waals surface area (Å²) < 4.78 is 2.15. The van der Waals surface area contributed by atoms with Gasteiger partial charge in [0.25, 0.3) is 5.69 Å². The molecule has 4 aromatic carbocycles. The summed E-state index contributed by atoms with van der Waals surface area (Å²) in [5.41, 5.74) is 3.72. The van der Waals surface area contributed by atoms with Gasteiger partial charge in [0.15, 0.2) is 0 Å². The number of fused-ring (bicyclic) bond motifs is 3. The molecule has 5 aromatic rings. The zero-order valence-electron chi connectivity index (χ0n) is 14.9. The third-order valence-electron chi connectivity index (χ3n) is 5.12. The van der Waals surface area contributed by atoms with Crippen molar-refractivity contribution in [1.29, 1.82) is 0 Å². The third kappa shape index (κ3) is 2.47. The number of nitro benzene ring substituents is 1. The van der Waals surface area contributed by atoms with Crippen molar-refractivity contribution >= 4 is 27.4 Å². The highest BCUT2D eigenvalue weighted by Crippen LogP contribution is 2.39. The number of rotatable bonds is 3. The molecule has 0 bridgehead atoms. The average molecular weight is 364 g/mol. The smallest absolute Gasteiger partial charge is 0.277 e. The minimum atomic E-state index is -0.315. The Labute approximate surface area is 161 Å². The number of aromatic nitrogens is 1. The van der Waals surface area contributed by atoms with Crippen LogP contribution in [0.15, 0.2) is 97.2 Å². The summed E-state index contributed by atoms with van der Waals surface area (Å²) >= 11 is 0. The summed E-state index contributed by atoms with van der Waals surface area (Å²) in [6, 6.07) is 29.3. The van der Waals surface area contributed by atoms with Crippen LogP contribution in [0.2, 0.25) is 0 Å². The average Bonchev–Trinajstić information content (AvgIpc) is 3.18. The molecule has 0 amide bonds. The molecule has 1 aromatic heterocycles. The third-order valence-corrected chi connectivity index (χ3v) is 5.12. The van der Waals surface area contributed by atoms with Crippen LogP contribution in [-0.4, -0.2) is 9.49 Å². The van der Waals surface area contributed by atoms with Crippen molar-refractivity contribution in [3.8, 4) is 16.8 Å². The summed E-state index contributed by atoms with van der Waals surface area (Å²) in [5.74, 6) is 0. The Balaban J connectivity index is 1.93. The lowest BCUT2D eigenvalue weighted by molar-refractivity contribution is -0.384. The predicted octanol–water partition coefficient (Wildman–Crippen LogP) is 6.36. The van der Waals surface area contributed by atoms with Crippen LogP contribution in [0.25, 0.3) is 38.5 Å². The lowest BCUT2D eigenvalue weighted by Crippen LogP contribution is -1.95. The van der Waals surface area contributed by atoms with Gasteiger partial charge >= 0.3 is 0 Å². The molecule has 1 heterocycles. The first-order chi connectivity index (χ1) is 13.7. The highest BCUT2D eigenvalue weighted by molar-refractivity contribution is 6.14. The maximum absolute atomic E-state index is 11.6. The van der Waals surface area contributed by atoms with Crippen LogP contribution in [-0.2, 0) is 0 Å². The molecular weight excluding hydrogens is 348 g/mol. The van der Waals surface area contributed by atoms with Crippen molar-refractivity contribution in [3.05, 3.63) is 107 Å². The zero-order chi connectivity index (χ0) is 19.1. The van der Waals surface area contributed by atoms with E-state index in [1.165, 1.54) is 0 Å². The molecule has 4 heteroatoms. The molecule has 0 saturated heterocycles. The molecule has 4 nitrogen and oxygen atoms in total. The molecule has 0 radical (unpaired) electrons. The van der Waals surface area contributed by atoms with E-state index in [-0.39, 0.29) is 10.6 Å². The largest absolute Gasteiger partial charge is 0.316 e. The molecule has 0 N–H and O–H groups in total. The van der Waals surface area contributed by atoms with E-state index in [2.05, 4.69) is 47.2 Å². The van der Waals surface area contributed by atoms with Crippen molar-refractivity contribution < 1.29 is 4.92 Å². The maximum Gasteiger partial charge on any atom is 0.277 e. The summed E-state index contributed by atoms with van der Waals surface area (Å²) in [4.78, 5) is 11.3. The number of hydrogen-bond acceptors (Lipinski definition) is 2. The highest BCUT2D eigenvalue weighted by Gasteiger charge is 2.18. The second-order valence-corrected chi connectivity index (χ2v) is 6.70. The fraction of sp³-hybridized carbons (Fsp3) is 0. The summed E-state index contributed by atoms with van der Waals surface area (Å²) in [7, 11) is 0. The minimum absolute atomic E-state index is 0.116. The van der Waals surface area contributed by atoms with Crippen molar-refractivity contribution in [2.75, 3.05) is 0 Å². The Kier molecular flexibility index (Phi) is 3.69. The van der Waals surface area contributed by atoms with Crippen LogP contribution in [0.5, 0.6) is 0 Å². The van der Waals surface area contributed by atoms with Crippen LogP contribution < -0.4 is 0 Å². The Bertz CT molecular complexity index is 1340. The predicted molar refractivity (Wildman–Crippen MR) is 113 cm³/mol. The van der Waals surface area contributed by atoms with Crippen LogP contribution in [0, 0.1) is 10.1 Å². The molecule has 0 aliphatic heterocycles. The topological polar surface area (TPSA) is 48.1 Å². The summed E-state index contributed by atoms with van der Waals surface area (Å²) in [6.45, 7) is 0. The first-order valence-corrected chi connectivity index (χ1v) is 9.06. The molecule has 0 saturated carbocycles. The maximum atomic E-state index is 11.6. The van der Waals surface area contributed by atoms with Gasteiger partial charge in [0.2, 0.25) is 0 Å². The zero-order valence-corrected chi connectivity index (χ0v) is 14.9. The van der Waals surface area contributed by atoms with Gasteiger partial charge in [-0.05, 0) is 35.2 Å². The molecule has 0 aliphatic rings. The SMILES string of the molecule is O=[N+]([O-])c1ccccc1-c1cccc2ccc3ccn(-c4ccccc4)c3c12. The normalized spacial score (nSPS) is 11.1. The van der Waals surface area contributed by atoms with Crippen molar-refractivity contribution in [2.45, 2.75) is 0 Å². The molecule has 0 unspecified atom stereocenters. The standard InChI is InChI=1S/C24H16N2O2/c27-26(28)22-12-5-4-10-20(22)21-11-6-7-17-13-14-18-15-16-25(24(18)23(17)21)19-8-2-1-3-9-19/h1-16H. The van der Waals surface area contributed by atoms with Gasteiger partial charge in [-0.3, -0.25) is 10.1 Å². The number of nitro groups is 1. The monoisotopic (exact) mass is 364 g/mol. The Hall–Kier alpha value is -3.92. The van der Waals surface area contributed by atoms with Gasteiger partial charge < -0.3 is 4.57 Å². The first kappa shape index (κ1) is 16.3. The molecule has 134 valence electrons. The Morgan fingerprint density at radius 1 is 0.679 bits per heavy atom. The number of benzene rings is 4. The molecule has 28 heavy (non-hydrogen) atoms. The van der Waals surface area contributed by atoms with Crippen molar-refractivity contribution in [3.63, 3.8) is 0 Å². The lowest BCUT2D eigenvalue weighted by atomic mass is 9.95. The summed E-state index contributed by atoms with van der Waals surface area (Å²) in [6.07, 6.45) is 2.05. The van der Waals surface area contributed by atoms with E-state index in [0.717, 1.165) is 32.9 Å². The quantitative estimate of drug-likeness (QED) is 0.276. The van der Waals surface area contributed by atoms with E-state index in [1.807, 2.05) is 42.5 Å². The second kappa shape index (κ2) is 6.35. The van der Waals surface area contributed by atoms with E-state index in [0.29, 0.717) is 5.56 Å². The van der Waals surface area contributed by atoms with Gasteiger partial charge in [-0.25, -0.2) is 0 Å². The van der Waals surface area contributed by atoms with Crippen molar-refractivity contribution in [1.82, 2.24) is 4.57 Å². The van der Waals surface area contributed by atoms with Gasteiger partial charge in [0.1, 0.15) is 0 Å². The van der Waals surface area contributed by atoms with Crippen LogP contribution >= 0.6 is 0 Å². The molecule has 0 spiro atoms. The molecule has 5 rings (SSSR count). The van der Waals surface area contributed by atoms with Gasteiger partial charge in [-0.1, -0.05) is 60.7 Å². The summed E-state index contributed by atoms with van der Waals surface area (Å²) in [5, 5.41) is 14.8. The number of para-hydroxylation sites is 2. The van der Waals surface area contributed by atoms with Gasteiger partial charge in [-0.2, -0.15) is 0 Å². The van der Waals surface area contributed by atoms with E-state index >= 15 is 0 Å². The van der Waals surface area contributed by atoms with E-state index in [9.17, 15) is 10.1 Å². The highest BCUT2D eigenvalue weighted by atomic mass is 16.6. The molecule has 0 fully saturated rings. The van der Waals surface area contributed by atoms with Crippen molar-refractivity contribution in [2.24, 2.45) is 0 Å². The Morgan fingerprint density at radius 2 is 1.39 bits per heavy atom. The first-order valence-electron chi connectivity index (χ1n) is 9.06. The number of hydrogen-bond donors (Lipinski definition) is 0. The second-order valence-electron chi connectivity index (χ2n) is 6.70. The Morgan fingerprint density at radius 3 is 2.21 bits per heavy atom. The van der Waals surface area contributed by atoms with Crippen LogP contribution in [0.4, 0.5) is 5.69 Å². The van der Waals surface area contributed by atoms with Gasteiger partial charge in [-0.15, -0.1) is 0 Å². The molecular formula is C24H16N2O2. The minimum Gasteiger partial charge on any atom is -0.316 e. The molecule has 0 aliphatic carbocycles. The van der Waals surface area contributed by atoms with Crippen LogP contribution in [0.1, 0.15) is 0 Å². The van der Waals surface area contributed by atoms with Crippen LogP contribution in [0.3, 0.4) is 0 Å². The fourth-order valence-corrected chi connectivity index (χ4v) is 3.89.